The average Bonchev–Trinajstić information content (AvgIpc) is 2.90. The molecule has 1 aliphatic carbocycles. The van der Waals surface area contributed by atoms with E-state index in [4.69, 9.17) is 0 Å². The number of rotatable bonds is 4. The molecular weight excluding hydrogens is 316 g/mol. The lowest BCUT2D eigenvalue weighted by Crippen LogP contribution is -2.51. The molecular formula is C20H28N2O3. The van der Waals surface area contributed by atoms with E-state index in [2.05, 4.69) is 24.4 Å². The van der Waals surface area contributed by atoms with E-state index in [9.17, 15) is 14.8 Å². The van der Waals surface area contributed by atoms with Gasteiger partial charge in [0.15, 0.2) is 0 Å². The van der Waals surface area contributed by atoms with Gasteiger partial charge in [-0.3, -0.25) is 20.1 Å². The summed E-state index contributed by atoms with van der Waals surface area (Å²) >= 11 is 0. The minimum absolute atomic E-state index is 0.259. The third kappa shape index (κ3) is 4.03. The van der Waals surface area contributed by atoms with Gasteiger partial charge >= 0.3 is 0 Å². The molecule has 25 heavy (non-hydrogen) atoms. The van der Waals surface area contributed by atoms with Crippen molar-refractivity contribution in [1.82, 2.24) is 5.32 Å². The molecule has 5 heteroatoms. The van der Waals surface area contributed by atoms with Crippen molar-refractivity contribution in [3.8, 4) is 0 Å². The number of benzene rings is 1. The fraction of sp³-hybridized carbons (Fsp3) is 0.600. The molecule has 1 aromatic rings. The highest BCUT2D eigenvalue weighted by Crippen LogP contribution is 2.34. The second-order valence-electron chi connectivity index (χ2n) is 7.24. The Labute approximate surface area is 149 Å². The molecule has 0 aromatic heterocycles. The number of hydrogen-bond donors (Lipinski definition) is 2. The van der Waals surface area contributed by atoms with Crippen molar-refractivity contribution in [3.63, 3.8) is 0 Å². The normalized spacial score (nSPS) is 22.4. The zero-order chi connectivity index (χ0) is 17.8. The molecule has 1 saturated heterocycles. The zero-order valence-electron chi connectivity index (χ0n) is 15.0. The molecule has 1 heterocycles. The van der Waals surface area contributed by atoms with Gasteiger partial charge in [-0.05, 0) is 48.8 Å². The van der Waals surface area contributed by atoms with Crippen LogP contribution < -0.4 is 10.4 Å². The largest absolute Gasteiger partial charge is 0.295 e. The maximum Gasteiger partial charge on any atom is 0.251 e. The van der Waals surface area contributed by atoms with E-state index in [0.29, 0.717) is 18.0 Å². The van der Waals surface area contributed by atoms with Gasteiger partial charge < -0.3 is 0 Å². The third-order valence-corrected chi connectivity index (χ3v) is 5.56. The van der Waals surface area contributed by atoms with Gasteiger partial charge in [0.2, 0.25) is 5.91 Å². The number of aryl methyl sites for hydroxylation is 1. The van der Waals surface area contributed by atoms with E-state index >= 15 is 0 Å². The monoisotopic (exact) mass is 344 g/mol. The number of carbonyl (C=O) groups excluding carboxylic acids is 2. The molecule has 0 spiro atoms. The van der Waals surface area contributed by atoms with Crippen LogP contribution in [0.2, 0.25) is 0 Å². The number of nitrogens with one attached hydrogen (secondary N) is 1. The number of hydrogen-bond acceptors (Lipinski definition) is 4. The second kappa shape index (κ2) is 8.00. The van der Waals surface area contributed by atoms with Gasteiger partial charge in [-0.1, -0.05) is 44.7 Å². The van der Waals surface area contributed by atoms with Crippen molar-refractivity contribution in [1.29, 1.82) is 0 Å². The van der Waals surface area contributed by atoms with Crippen LogP contribution in [0.4, 0.5) is 5.69 Å². The van der Waals surface area contributed by atoms with Gasteiger partial charge in [-0.15, -0.1) is 0 Å². The minimum atomic E-state index is -0.702. The summed E-state index contributed by atoms with van der Waals surface area (Å²) in [5.74, 6) is -0.0904. The maximum absolute atomic E-state index is 12.0. The zero-order valence-corrected chi connectivity index (χ0v) is 15.0. The minimum Gasteiger partial charge on any atom is -0.295 e. The van der Waals surface area contributed by atoms with Gasteiger partial charge in [-0.25, -0.2) is 5.06 Å². The van der Waals surface area contributed by atoms with Crippen LogP contribution in [0.5, 0.6) is 0 Å². The van der Waals surface area contributed by atoms with E-state index in [1.165, 1.54) is 44.1 Å². The Hall–Kier alpha value is -1.88. The summed E-state index contributed by atoms with van der Waals surface area (Å²) < 4.78 is 0. The number of imide groups is 1. The van der Waals surface area contributed by atoms with Crippen LogP contribution in [0.1, 0.15) is 75.3 Å². The van der Waals surface area contributed by atoms with E-state index in [1.807, 2.05) is 6.07 Å². The van der Waals surface area contributed by atoms with Gasteiger partial charge in [0.1, 0.15) is 6.04 Å². The van der Waals surface area contributed by atoms with Crippen LogP contribution in [-0.2, 0) is 16.0 Å². The van der Waals surface area contributed by atoms with Gasteiger partial charge in [-0.2, -0.15) is 0 Å². The van der Waals surface area contributed by atoms with E-state index < -0.39 is 11.9 Å². The van der Waals surface area contributed by atoms with E-state index in [0.717, 1.165) is 17.0 Å². The van der Waals surface area contributed by atoms with Crippen molar-refractivity contribution in [2.45, 2.75) is 76.7 Å². The standard InChI is InChI=1S/C20H28N2O3/c1-2-14-13-16(15-7-5-3-4-6-8-15)9-10-17(14)22(25)18-11-12-19(23)21-20(18)24/h9-10,13,15,18,25H,2-8,11-12H2,1H3,(H,21,23,24). The smallest absolute Gasteiger partial charge is 0.251 e. The molecule has 2 aliphatic rings. The molecule has 1 unspecified atom stereocenters. The highest BCUT2D eigenvalue weighted by atomic mass is 16.5. The van der Waals surface area contributed by atoms with Crippen molar-refractivity contribution in [2.75, 3.05) is 5.06 Å². The fourth-order valence-electron chi connectivity index (χ4n) is 4.06. The Balaban J connectivity index is 1.81. The van der Waals surface area contributed by atoms with Crippen molar-refractivity contribution < 1.29 is 14.8 Å². The van der Waals surface area contributed by atoms with Crippen LogP contribution in [0.3, 0.4) is 0 Å². The third-order valence-electron chi connectivity index (χ3n) is 5.56. The Morgan fingerprint density at radius 1 is 1.12 bits per heavy atom. The number of amides is 2. The van der Waals surface area contributed by atoms with Crippen LogP contribution in [0.15, 0.2) is 18.2 Å². The predicted molar refractivity (Wildman–Crippen MR) is 96.7 cm³/mol. The fourth-order valence-corrected chi connectivity index (χ4v) is 4.06. The van der Waals surface area contributed by atoms with Crippen molar-refractivity contribution in [3.05, 3.63) is 29.3 Å². The SMILES string of the molecule is CCc1cc(C2CCCCCC2)ccc1N(O)C1CCC(=O)NC1=O. The molecule has 0 radical (unpaired) electrons. The molecule has 2 N–H and O–H groups in total. The van der Waals surface area contributed by atoms with Crippen LogP contribution in [0, 0.1) is 0 Å². The van der Waals surface area contributed by atoms with Crippen LogP contribution in [0.25, 0.3) is 0 Å². The average molecular weight is 344 g/mol. The highest BCUT2D eigenvalue weighted by molar-refractivity contribution is 6.01. The summed E-state index contributed by atoms with van der Waals surface area (Å²) in [4.78, 5) is 23.4. The summed E-state index contributed by atoms with van der Waals surface area (Å²) in [6.45, 7) is 2.06. The first-order valence-corrected chi connectivity index (χ1v) is 9.54. The van der Waals surface area contributed by atoms with Crippen molar-refractivity contribution >= 4 is 17.5 Å². The van der Waals surface area contributed by atoms with E-state index in [-0.39, 0.29) is 12.3 Å². The molecule has 2 fully saturated rings. The molecule has 1 aliphatic heterocycles. The summed E-state index contributed by atoms with van der Waals surface area (Å²) in [6, 6.07) is 5.52. The molecule has 0 bridgehead atoms. The number of anilines is 1. The molecule has 136 valence electrons. The van der Waals surface area contributed by atoms with Crippen LogP contribution in [-0.4, -0.2) is 23.1 Å². The van der Waals surface area contributed by atoms with Gasteiger partial charge in [0.05, 0.1) is 5.69 Å². The summed E-state index contributed by atoms with van der Waals surface area (Å²) in [6.07, 6.45) is 9.10. The lowest BCUT2D eigenvalue weighted by molar-refractivity contribution is -0.135. The summed E-state index contributed by atoms with van der Waals surface area (Å²) in [5.41, 5.74) is 3.07. The Kier molecular flexibility index (Phi) is 5.74. The lowest BCUT2D eigenvalue weighted by Gasteiger charge is -2.31. The maximum atomic E-state index is 12.0. The van der Waals surface area contributed by atoms with Crippen LogP contribution >= 0.6 is 0 Å². The predicted octanol–water partition coefficient (Wildman–Crippen LogP) is 3.69. The number of carbonyl (C=O) groups is 2. The number of hydroxylamine groups is 1. The molecule has 1 atom stereocenters. The lowest BCUT2D eigenvalue weighted by atomic mass is 9.89. The Morgan fingerprint density at radius 3 is 2.48 bits per heavy atom. The van der Waals surface area contributed by atoms with E-state index in [1.54, 1.807) is 0 Å². The number of piperidine rings is 1. The summed E-state index contributed by atoms with van der Waals surface area (Å²) in [7, 11) is 0. The van der Waals surface area contributed by atoms with Crippen molar-refractivity contribution in [2.24, 2.45) is 0 Å². The molecule has 1 aromatic carbocycles. The first-order valence-electron chi connectivity index (χ1n) is 9.54. The first kappa shape index (κ1) is 17.9. The van der Waals surface area contributed by atoms with Gasteiger partial charge in [0.25, 0.3) is 5.91 Å². The quantitative estimate of drug-likeness (QED) is 0.496. The number of nitrogens with zero attached hydrogens (tertiary/aromatic N) is 1. The Morgan fingerprint density at radius 2 is 1.84 bits per heavy atom. The highest BCUT2D eigenvalue weighted by Gasteiger charge is 2.32. The van der Waals surface area contributed by atoms with Gasteiger partial charge in [0, 0.05) is 6.42 Å². The second-order valence-corrected chi connectivity index (χ2v) is 7.24. The summed E-state index contributed by atoms with van der Waals surface area (Å²) in [5, 5.41) is 14.0. The molecule has 2 amide bonds. The topological polar surface area (TPSA) is 69.6 Å². The molecule has 3 rings (SSSR count). The Bertz CT molecular complexity index is 636. The molecule has 5 nitrogen and oxygen atoms in total. The molecule has 1 saturated carbocycles. The first-order chi connectivity index (χ1) is 12.1.